The molecule has 92 valence electrons. The highest BCUT2D eigenvalue weighted by atomic mass is 19.1. The molecular formula is C14H18FNO. The van der Waals surface area contributed by atoms with Gasteiger partial charge in [-0.3, -0.25) is 0 Å². The average molecular weight is 235 g/mol. The van der Waals surface area contributed by atoms with Crippen LogP contribution in [0.3, 0.4) is 0 Å². The monoisotopic (exact) mass is 235 g/mol. The zero-order valence-electron chi connectivity index (χ0n) is 9.92. The average Bonchev–Trinajstić information content (AvgIpc) is 2.77. The number of ether oxygens (including phenoxy) is 1. The van der Waals surface area contributed by atoms with Gasteiger partial charge in [-0.15, -0.1) is 0 Å². The third-order valence-electron chi connectivity index (χ3n) is 4.03. The fourth-order valence-electron chi connectivity index (χ4n) is 2.94. The van der Waals surface area contributed by atoms with Crippen LogP contribution in [0.15, 0.2) is 24.3 Å². The largest absolute Gasteiger partial charge is 0.378 e. The Morgan fingerprint density at radius 1 is 1.29 bits per heavy atom. The molecule has 1 aromatic carbocycles. The number of rotatable bonds is 3. The molecule has 0 spiro atoms. The molecule has 17 heavy (non-hydrogen) atoms. The smallest absolute Gasteiger partial charge is 0.123 e. The van der Waals surface area contributed by atoms with Crippen molar-refractivity contribution >= 4 is 0 Å². The van der Waals surface area contributed by atoms with E-state index in [9.17, 15) is 4.39 Å². The normalized spacial score (nSPS) is 26.8. The van der Waals surface area contributed by atoms with Crippen LogP contribution in [0.5, 0.6) is 0 Å². The van der Waals surface area contributed by atoms with E-state index < -0.39 is 0 Å². The van der Waals surface area contributed by atoms with Crippen LogP contribution in [0.4, 0.5) is 4.39 Å². The molecule has 1 atom stereocenters. The van der Waals surface area contributed by atoms with Crippen molar-refractivity contribution in [2.45, 2.75) is 30.8 Å². The second-order valence-electron chi connectivity index (χ2n) is 5.23. The highest BCUT2D eigenvalue weighted by Gasteiger charge is 2.41. The van der Waals surface area contributed by atoms with E-state index in [0.29, 0.717) is 6.10 Å². The molecule has 3 rings (SSSR count). The van der Waals surface area contributed by atoms with Crippen LogP contribution in [-0.2, 0) is 10.2 Å². The van der Waals surface area contributed by atoms with E-state index in [-0.39, 0.29) is 11.2 Å². The van der Waals surface area contributed by atoms with Crippen molar-refractivity contribution in [3.63, 3.8) is 0 Å². The first-order chi connectivity index (χ1) is 8.28. The summed E-state index contributed by atoms with van der Waals surface area (Å²) in [5.74, 6) is -0.159. The second kappa shape index (κ2) is 4.39. The molecule has 0 bridgehead atoms. The first kappa shape index (κ1) is 11.2. The summed E-state index contributed by atoms with van der Waals surface area (Å²) in [5.41, 5.74) is 1.41. The first-order valence-electron chi connectivity index (χ1n) is 6.37. The van der Waals surface area contributed by atoms with Crippen molar-refractivity contribution in [2.24, 2.45) is 0 Å². The van der Waals surface area contributed by atoms with Gasteiger partial charge in [-0.1, -0.05) is 12.1 Å². The zero-order valence-corrected chi connectivity index (χ0v) is 9.92. The van der Waals surface area contributed by atoms with Gasteiger partial charge in [0.15, 0.2) is 0 Å². The summed E-state index contributed by atoms with van der Waals surface area (Å²) in [4.78, 5) is 0. The van der Waals surface area contributed by atoms with Gasteiger partial charge in [-0.25, -0.2) is 4.39 Å². The van der Waals surface area contributed by atoms with Gasteiger partial charge in [0.2, 0.25) is 0 Å². The van der Waals surface area contributed by atoms with Crippen LogP contribution >= 0.6 is 0 Å². The van der Waals surface area contributed by atoms with Crippen molar-refractivity contribution < 1.29 is 9.13 Å². The van der Waals surface area contributed by atoms with Crippen molar-refractivity contribution in [3.8, 4) is 0 Å². The highest BCUT2D eigenvalue weighted by molar-refractivity contribution is 5.30. The van der Waals surface area contributed by atoms with Crippen LogP contribution in [0.1, 0.15) is 24.8 Å². The Balaban J connectivity index is 1.78. The fourth-order valence-corrected chi connectivity index (χ4v) is 2.94. The topological polar surface area (TPSA) is 21.3 Å². The van der Waals surface area contributed by atoms with Gasteiger partial charge in [-0.2, -0.15) is 0 Å². The maximum Gasteiger partial charge on any atom is 0.123 e. The Bertz CT molecular complexity index is 380. The molecular weight excluding hydrogens is 217 g/mol. The molecule has 0 radical (unpaired) electrons. The Hall–Kier alpha value is -0.930. The van der Waals surface area contributed by atoms with Crippen molar-refractivity contribution in [2.75, 3.05) is 19.7 Å². The highest BCUT2D eigenvalue weighted by Crippen LogP contribution is 2.36. The van der Waals surface area contributed by atoms with Crippen molar-refractivity contribution in [3.05, 3.63) is 35.6 Å². The quantitative estimate of drug-likeness (QED) is 0.867. The number of hydrogen-bond acceptors (Lipinski definition) is 2. The van der Waals surface area contributed by atoms with Crippen LogP contribution < -0.4 is 5.32 Å². The number of halogens is 1. The molecule has 2 heterocycles. The molecule has 2 nitrogen and oxygen atoms in total. The lowest BCUT2D eigenvalue weighted by Gasteiger charge is -2.44. The summed E-state index contributed by atoms with van der Waals surface area (Å²) in [6, 6.07) is 6.96. The van der Waals surface area contributed by atoms with E-state index in [4.69, 9.17) is 4.74 Å². The van der Waals surface area contributed by atoms with Gasteiger partial charge in [0.25, 0.3) is 0 Å². The van der Waals surface area contributed by atoms with Crippen molar-refractivity contribution in [1.29, 1.82) is 0 Å². The van der Waals surface area contributed by atoms with Crippen LogP contribution in [-0.4, -0.2) is 25.8 Å². The van der Waals surface area contributed by atoms with E-state index in [0.717, 1.165) is 26.1 Å². The minimum atomic E-state index is -0.159. The summed E-state index contributed by atoms with van der Waals surface area (Å²) in [7, 11) is 0. The van der Waals surface area contributed by atoms with E-state index in [2.05, 4.69) is 5.32 Å². The van der Waals surface area contributed by atoms with Crippen molar-refractivity contribution in [1.82, 2.24) is 5.32 Å². The minimum absolute atomic E-state index is 0.159. The lowest BCUT2D eigenvalue weighted by atomic mass is 9.71. The summed E-state index contributed by atoms with van der Waals surface area (Å²) >= 11 is 0. The lowest BCUT2D eigenvalue weighted by Crippen LogP contribution is -2.58. The Labute approximate surface area is 101 Å². The molecule has 0 saturated carbocycles. The SMILES string of the molecule is Fc1ccc(C2(CC3CCCO3)CNC2)cc1. The molecule has 2 fully saturated rings. The van der Waals surface area contributed by atoms with Crippen LogP contribution in [0.2, 0.25) is 0 Å². The molecule has 1 N–H and O–H groups in total. The van der Waals surface area contributed by atoms with Gasteiger partial charge in [0, 0.05) is 25.1 Å². The Morgan fingerprint density at radius 3 is 2.59 bits per heavy atom. The van der Waals surface area contributed by atoms with Gasteiger partial charge in [0.05, 0.1) is 6.10 Å². The third kappa shape index (κ3) is 2.09. The fraction of sp³-hybridized carbons (Fsp3) is 0.571. The van der Waals surface area contributed by atoms with Crippen LogP contribution in [0.25, 0.3) is 0 Å². The lowest BCUT2D eigenvalue weighted by molar-refractivity contribution is 0.0681. The number of nitrogens with one attached hydrogen (secondary N) is 1. The predicted octanol–water partition coefficient (Wildman–Crippen LogP) is 2.24. The van der Waals surface area contributed by atoms with Gasteiger partial charge < -0.3 is 10.1 Å². The standard InChI is InChI=1S/C14H18FNO/c15-12-5-3-11(4-6-12)14(9-16-10-14)8-13-2-1-7-17-13/h3-6,13,16H,1-2,7-10H2. The van der Waals surface area contributed by atoms with Gasteiger partial charge in [0.1, 0.15) is 5.82 Å². The molecule has 0 aliphatic carbocycles. The van der Waals surface area contributed by atoms with E-state index >= 15 is 0 Å². The van der Waals surface area contributed by atoms with E-state index in [1.807, 2.05) is 12.1 Å². The zero-order chi connectivity index (χ0) is 11.7. The Kier molecular flexibility index (Phi) is 2.89. The number of benzene rings is 1. The summed E-state index contributed by atoms with van der Waals surface area (Å²) in [6.07, 6.45) is 3.80. The summed E-state index contributed by atoms with van der Waals surface area (Å²) < 4.78 is 18.7. The minimum Gasteiger partial charge on any atom is -0.378 e. The molecule has 0 amide bonds. The van der Waals surface area contributed by atoms with Gasteiger partial charge >= 0.3 is 0 Å². The maximum atomic E-state index is 13.0. The molecule has 2 saturated heterocycles. The molecule has 1 aromatic rings. The molecule has 3 heteroatoms. The van der Waals surface area contributed by atoms with E-state index in [1.54, 1.807) is 12.1 Å². The maximum absolute atomic E-state index is 13.0. The Morgan fingerprint density at radius 2 is 2.06 bits per heavy atom. The predicted molar refractivity (Wildman–Crippen MR) is 64.5 cm³/mol. The molecule has 2 aliphatic rings. The molecule has 1 unspecified atom stereocenters. The second-order valence-corrected chi connectivity index (χ2v) is 5.23. The number of hydrogen-bond donors (Lipinski definition) is 1. The van der Waals surface area contributed by atoms with E-state index in [1.165, 1.54) is 18.4 Å². The molecule has 2 aliphatic heterocycles. The summed E-state index contributed by atoms with van der Waals surface area (Å²) in [6.45, 7) is 2.87. The molecule has 0 aromatic heterocycles. The summed E-state index contributed by atoms with van der Waals surface area (Å²) in [5, 5.41) is 3.34. The first-order valence-corrected chi connectivity index (χ1v) is 6.37. The van der Waals surface area contributed by atoms with Crippen LogP contribution in [0, 0.1) is 5.82 Å². The van der Waals surface area contributed by atoms with Gasteiger partial charge in [-0.05, 0) is 37.0 Å². The third-order valence-corrected chi connectivity index (χ3v) is 4.03.